The molecule has 27 heavy (non-hydrogen) atoms. The van der Waals surface area contributed by atoms with Crippen molar-refractivity contribution in [2.75, 3.05) is 38.0 Å². The Labute approximate surface area is 161 Å². The minimum absolute atomic E-state index is 0.164. The Morgan fingerprint density at radius 1 is 1.00 bits per heavy atom. The first kappa shape index (κ1) is 20.9. The van der Waals surface area contributed by atoms with Crippen LogP contribution in [0.3, 0.4) is 0 Å². The maximum atomic E-state index is 12.9. The molecule has 0 radical (unpaired) electrons. The van der Waals surface area contributed by atoms with Gasteiger partial charge in [-0.3, -0.25) is 9.10 Å². The third-order valence-corrected chi connectivity index (χ3v) is 6.02. The van der Waals surface area contributed by atoms with Crippen LogP contribution in [0, 0.1) is 0 Å². The van der Waals surface area contributed by atoms with E-state index in [1.54, 1.807) is 43.3 Å². The van der Waals surface area contributed by atoms with Crippen molar-refractivity contribution < 1.29 is 13.2 Å². The summed E-state index contributed by atoms with van der Waals surface area (Å²) in [6, 6.07) is 15.0. The fraction of sp³-hybridized carbons (Fsp3) is 0.350. The molecule has 0 unspecified atom stereocenters. The highest BCUT2D eigenvalue weighted by Crippen LogP contribution is 2.23. The fourth-order valence-electron chi connectivity index (χ4n) is 2.69. The van der Waals surface area contributed by atoms with Gasteiger partial charge in [-0.1, -0.05) is 18.2 Å². The zero-order valence-electron chi connectivity index (χ0n) is 16.1. The molecule has 2 rings (SSSR count). The van der Waals surface area contributed by atoms with E-state index >= 15 is 0 Å². The summed E-state index contributed by atoms with van der Waals surface area (Å²) in [5.74, 6) is -0.201. The van der Waals surface area contributed by atoms with E-state index in [1.165, 1.54) is 16.4 Å². The van der Waals surface area contributed by atoms with Crippen LogP contribution in [0.25, 0.3) is 0 Å². The smallest absolute Gasteiger partial charge is 0.264 e. The van der Waals surface area contributed by atoms with E-state index in [-0.39, 0.29) is 10.8 Å². The van der Waals surface area contributed by atoms with Crippen LogP contribution in [-0.2, 0) is 10.0 Å². The lowest BCUT2D eigenvalue weighted by Crippen LogP contribution is -2.31. The van der Waals surface area contributed by atoms with Gasteiger partial charge >= 0.3 is 0 Å². The minimum Gasteiger partial charge on any atom is -0.352 e. The quantitative estimate of drug-likeness (QED) is 0.669. The standard InChI is InChI=1S/C20H27N3O3S/c1-4-23(18-9-6-5-7-10-18)27(25,26)19-13-11-17(12-14-19)20(24)21-15-8-16-22(2)3/h5-7,9-14H,4,8,15-16H2,1-3H3,(H,21,24). The molecule has 0 atom stereocenters. The normalized spacial score (nSPS) is 11.4. The van der Waals surface area contributed by atoms with E-state index in [0.717, 1.165) is 13.0 Å². The monoisotopic (exact) mass is 389 g/mol. The van der Waals surface area contributed by atoms with Crippen LogP contribution in [-0.4, -0.2) is 53.0 Å². The lowest BCUT2D eigenvalue weighted by atomic mass is 10.2. The zero-order chi connectivity index (χ0) is 19.9. The average Bonchev–Trinajstić information content (AvgIpc) is 2.66. The Bertz CT molecular complexity index is 835. The van der Waals surface area contributed by atoms with Crippen LogP contribution in [0.5, 0.6) is 0 Å². The minimum atomic E-state index is -3.68. The number of nitrogens with zero attached hydrogens (tertiary/aromatic N) is 2. The molecule has 2 aromatic carbocycles. The molecule has 0 aromatic heterocycles. The molecule has 1 amide bonds. The van der Waals surface area contributed by atoms with Crippen molar-refractivity contribution >= 4 is 21.6 Å². The van der Waals surface area contributed by atoms with Crippen LogP contribution < -0.4 is 9.62 Å². The number of hydrogen-bond acceptors (Lipinski definition) is 4. The second-order valence-electron chi connectivity index (χ2n) is 6.44. The SMILES string of the molecule is CCN(c1ccccc1)S(=O)(=O)c1ccc(C(=O)NCCCN(C)C)cc1. The van der Waals surface area contributed by atoms with Gasteiger partial charge in [0.2, 0.25) is 0 Å². The van der Waals surface area contributed by atoms with Gasteiger partial charge in [0, 0.05) is 18.7 Å². The number of carbonyl (C=O) groups is 1. The molecular weight excluding hydrogens is 362 g/mol. The Morgan fingerprint density at radius 3 is 2.19 bits per heavy atom. The summed E-state index contributed by atoms with van der Waals surface area (Å²) >= 11 is 0. The van der Waals surface area contributed by atoms with Gasteiger partial charge in [0.25, 0.3) is 15.9 Å². The van der Waals surface area contributed by atoms with E-state index in [0.29, 0.717) is 24.3 Å². The number of para-hydroxylation sites is 1. The van der Waals surface area contributed by atoms with Crippen LogP contribution in [0.2, 0.25) is 0 Å². The highest BCUT2D eigenvalue weighted by Gasteiger charge is 2.23. The first-order valence-corrected chi connectivity index (χ1v) is 10.4. The van der Waals surface area contributed by atoms with E-state index < -0.39 is 10.0 Å². The number of amides is 1. The topological polar surface area (TPSA) is 69.7 Å². The number of anilines is 1. The molecule has 2 aromatic rings. The molecule has 146 valence electrons. The molecule has 0 aliphatic carbocycles. The first-order chi connectivity index (χ1) is 12.9. The van der Waals surface area contributed by atoms with Gasteiger partial charge in [0.05, 0.1) is 10.6 Å². The van der Waals surface area contributed by atoms with Crippen molar-refractivity contribution in [2.24, 2.45) is 0 Å². The van der Waals surface area contributed by atoms with Gasteiger partial charge in [-0.15, -0.1) is 0 Å². The number of nitrogens with one attached hydrogen (secondary N) is 1. The molecule has 0 aliphatic rings. The van der Waals surface area contributed by atoms with Crippen LogP contribution in [0.15, 0.2) is 59.5 Å². The number of benzene rings is 2. The largest absolute Gasteiger partial charge is 0.352 e. The molecular formula is C20H27N3O3S. The number of hydrogen-bond donors (Lipinski definition) is 1. The molecule has 0 heterocycles. The molecule has 0 bridgehead atoms. The molecule has 0 aliphatic heterocycles. The van der Waals surface area contributed by atoms with Crippen LogP contribution >= 0.6 is 0 Å². The average molecular weight is 390 g/mol. The summed E-state index contributed by atoms with van der Waals surface area (Å²) in [6.45, 7) is 3.58. The summed E-state index contributed by atoms with van der Waals surface area (Å²) in [5.41, 5.74) is 1.06. The molecule has 7 heteroatoms. The van der Waals surface area contributed by atoms with E-state index in [9.17, 15) is 13.2 Å². The second-order valence-corrected chi connectivity index (χ2v) is 8.30. The summed E-state index contributed by atoms with van der Waals surface area (Å²) in [4.78, 5) is 14.4. The van der Waals surface area contributed by atoms with Gasteiger partial charge in [0.1, 0.15) is 0 Å². The Kier molecular flexibility index (Phi) is 7.38. The van der Waals surface area contributed by atoms with Crippen LogP contribution in [0.4, 0.5) is 5.69 Å². The third-order valence-electron chi connectivity index (χ3n) is 4.10. The number of carbonyl (C=O) groups excluding carboxylic acids is 1. The van der Waals surface area contributed by atoms with Gasteiger partial charge in [-0.05, 0) is 70.4 Å². The lowest BCUT2D eigenvalue weighted by molar-refractivity contribution is 0.0952. The van der Waals surface area contributed by atoms with E-state index in [1.807, 2.05) is 20.2 Å². The highest BCUT2D eigenvalue weighted by atomic mass is 32.2. The predicted molar refractivity (Wildman–Crippen MR) is 109 cm³/mol. The molecule has 0 spiro atoms. The molecule has 0 fully saturated rings. The van der Waals surface area contributed by atoms with Crippen molar-refractivity contribution in [1.82, 2.24) is 10.2 Å². The van der Waals surface area contributed by atoms with Crippen molar-refractivity contribution in [3.8, 4) is 0 Å². The fourth-order valence-corrected chi connectivity index (χ4v) is 4.16. The Morgan fingerprint density at radius 2 is 1.63 bits per heavy atom. The van der Waals surface area contributed by atoms with Gasteiger partial charge in [-0.25, -0.2) is 8.42 Å². The van der Waals surface area contributed by atoms with Gasteiger partial charge < -0.3 is 10.2 Å². The van der Waals surface area contributed by atoms with Crippen LogP contribution in [0.1, 0.15) is 23.7 Å². The van der Waals surface area contributed by atoms with Gasteiger partial charge in [0.15, 0.2) is 0 Å². The maximum absolute atomic E-state index is 12.9. The summed E-state index contributed by atoms with van der Waals surface area (Å²) in [5, 5.41) is 2.85. The Balaban J connectivity index is 2.10. The summed E-state index contributed by atoms with van der Waals surface area (Å²) in [6.07, 6.45) is 0.855. The van der Waals surface area contributed by atoms with Gasteiger partial charge in [-0.2, -0.15) is 0 Å². The number of rotatable bonds is 9. The summed E-state index contributed by atoms with van der Waals surface area (Å²) in [7, 11) is 0.283. The predicted octanol–water partition coefficient (Wildman–Crippen LogP) is 2.58. The number of sulfonamides is 1. The zero-order valence-corrected chi connectivity index (χ0v) is 16.9. The van der Waals surface area contributed by atoms with E-state index in [4.69, 9.17) is 0 Å². The molecule has 6 nitrogen and oxygen atoms in total. The molecule has 1 N–H and O–H groups in total. The Hall–Kier alpha value is -2.38. The maximum Gasteiger partial charge on any atom is 0.264 e. The highest BCUT2D eigenvalue weighted by molar-refractivity contribution is 7.92. The van der Waals surface area contributed by atoms with Crippen molar-refractivity contribution in [3.05, 3.63) is 60.2 Å². The summed E-state index contributed by atoms with van der Waals surface area (Å²) < 4.78 is 27.2. The molecule has 0 saturated carbocycles. The van der Waals surface area contributed by atoms with Crippen molar-refractivity contribution in [3.63, 3.8) is 0 Å². The third kappa shape index (κ3) is 5.55. The second kappa shape index (κ2) is 9.53. The van der Waals surface area contributed by atoms with Crippen molar-refractivity contribution in [2.45, 2.75) is 18.2 Å². The first-order valence-electron chi connectivity index (χ1n) is 8.97. The molecule has 0 saturated heterocycles. The van der Waals surface area contributed by atoms with E-state index in [2.05, 4.69) is 10.2 Å². The lowest BCUT2D eigenvalue weighted by Gasteiger charge is -2.23. The van der Waals surface area contributed by atoms with Crippen molar-refractivity contribution in [1.29, 1.82) is 0 Å².